The number of aliphatic hydroxyl groups excluding tert-OH is 1. The van der Waals surface area contributed by atoms with Crippen molar-refractivity contribution in [1.82, 2.24) is 4.90 Å². The molecule has 0 amide bonds. The average molecular weight is 295 g/mol. The summed E-state index contributed by atoms with van der Waals surface area (Å²) in [7, 11) is 1.70. The lowest BCUT2D eigenvalue weighted by Crippen LogP contribution is -2.38. The molecule has 0 spiro atoms. The van der Waals surface area contributed by atoms with Crippen LogP contribution in [0.4, 0.5) is 0 Å². The minimum atomic E-state index is -0.496. The third kappa shape index (κ3) is 6.04. The largest absolute Gasteiger partial charge is 0.494 e. The van der Waals surface area contributed by atoms with Gasteiger partial charge >= 0.3 is 0 Å². The van der Waals surface area contributed by atoms with E-state index in [1.54, 1.807) is 7.11 Å². The van der Waals surface area contributed by atoms with Crippen molar-refractivity contribution in [2.24, 2.45) is 0 Å². The van der Waals surface area contributed by atoms with Crippen molar-refractivity contribution in [3.63, 3.8) is 0 Å². The van der Waals surface area contributed by atoms with Gasteiger partial charge in [-0.1, -0.05) is 26.0 Å². The number of methoxy groups -OCH3 is 1. The van der Waals surface area contributed by atoms with Crippen LogP contribution in [0.25, 0.3) is 0 Å². The van der Waals surface area contributed by atoms with E-state index in [2.05, 4.69) is 25.7 Å². The van der Waals surface area contributed by atoms with Gasteiger partial charge in [0.25, 0.3) is 0 Å². The first-order chi connectivity index (χ1) is 10.1. The Labute approximate surface area is 128 Å². The fraction of sp³-hybridized carbons (Fsp3) is 0.647. The summed E-state index contributed by atoms with van der Waals surface area (Å²) in [5, 5.41) is 10.4. The van der Waals surface area contributed by atoms with Gasteiger partial charge in [-0.05, 0) is 37.6 Å². The number of nitrogens with zero attached hydrogens (tertiary/aromatic N) is 1. The van der Waals surface area contributed by atoms with Gasteiger partial charge in [0.2, 0.25) is 0 Å². The number of ether oxygens (including phenoxy) is 2. The van der Waals surface area contributed by atoms with Gasteiger partial charge in [-0.25, -0.2) is 0 Å². The second-order valence-corrected chi connectivity index (χ2v) is 5.33. The third-order valence-corrected chi connectivity index (χ3v) is 3.58. The maximum atomic E-state index is 10.4. The van der Waals surface area contributed by atoms with Crippen molar-refractivity contribution in [3.05, 3.63) is 29.8 Å². The Morgan fingerprint density at radius 3 is 2.38 bits per heavy atom. The van der Waals surface area contributed by atoms with Gasteiger partial charge in [0, 0.05) is 19.7 Å². The second kappa shape index (κ2) is 9.77. The molecule has 2 atom stereocenters. The maximum Gasteiger partial charge on any atom is 0.119 e. The molecule has 0 saturated carbocycles. The lowest BCUT2D eigenvalue weighted by atomic mass is 10.1. The highest BCUT2D eigenvalue weighted by Crippen LogP contribution is 2.19. The van der Waals surface area contributed by atoms with Gasteiger partial charge in [-0.3, -0.25) is 4.90 Å². The molecule has 21 heavy (non-hydrogen) atoms. The van der Waals surface area contributed by atoms with E-state index in [0.717, 1.165) is 30.9 Å². The lowest BCUT2D eigenvalue weighted by molar-refractivity contribution is 0.0581. The van der Waals surface area contributed by atoms with Crippen LogP contribution in [-0.4, -0.2) is 49.5 Å². The molecule has 0 aliphatic carbocycles. The third-order valence-electron chi connectivity index (χ3n) is 3.58. The van der Waals surface area contributed by atoms with E-state index in [1.165, 1.54) is 0 Å². The van der Waals surface area contributed by atoms with Crippen LogP contribution in [0.5, 0.6) is 5.75 Å². The average Bonchev–Trinajstić information content (AvgIpc) is 2.51. The van der Waals surface area contributed by atoms with Crippen molar-refractivity contribution >= 4 is 0 Å². The summed E-state index contributed by atoms with van der Waals surface area (Å²) in [5.41, 5.74) is 0.918. The first-order valence-corrected chi connectivity index (χ1v) is 7.76. The number of likely N-dealkylation sites (N-methyl/N-ethyl adjacent to an activating group) is 1. The molecular formula is C17H29NO3. The van der Waals surface area contributed by atoms with Crippen LogP contribution in [0.15, 0.2) is 24.3 Å². The summed E-state index contributed by atoms with van der Waals surface area (Å²) in [5.74, 6) is 0.855. The number of rotatable bonds is 10. The zero-order chi connectivity index (χ0) is 15.7. The van der Waals surface area contributed by atoms with Crippen molar-refractivity contribution in [2.45, 2.75) is 39.3 Å². The van der Waals surface area contributed by atoms with Crippen molar-refractivity contribution in [1.29, 1.82) is 0 Å². The molecule has 1 N–H and O–H groups in total. The standard InChI is InChI=1S/C17H29NO3/c1-5-11-21-16-9-7-15(8-10-16)17(19)12-18(6-2)14(3)13-20-4/h7-10,14,17,19H,5-6,11-13H2,1-4H3. The molecule has 0 bridgehead atoms. The van der Waals surface area contributed by atoms with Gasteiger partial charge in [0.05, 0.1) is 19.3 Å². The summed E-state index contributed by atoms with van der Waals surface area (Å²) in [4.78, 5) is 2.22. The smallest absolute Gasteiger partial charge is 0.119 e. The van der Waals surface area contributed by atoms with E-state index >= 15 is 0 Å². The van der Waals surface area contributed by atoms with E-state index in [0.29, 0.717) is 19.2 Å². The fourth-order valence-electron chi connectivity index (χ4n) is 2.30. The molecule has 0 aliphatic rings. The minimum absolute atomic E-state index is 0.293. The second-order valence-electron chi connectivity index (χ2n) is 5.33. The van der Waals surface area contributed by atoms with Crippen LogP contribution in [0.2, 0.25) is 0 Å². The van der Waals surface area contributed by atoms with Gasteiger partial charge in [0.1, 0.15) is 5.75 Å². The zero-order valence-electron chi connectivity index (χ0n) is 13.7. The van der Waals surface area contributed by atoms with Crippen LogP contribution in [0, 0.1) is 0 Å². The number of hydrogen-bond acceptors (Lipinski definition) is 4. The summed E-state index contributed by atoms with van der Waals surface area (Å²) in [6.45, 7) is 9.18. The predicted octanol–water partition coefficient (Wildman–Crippen LogP) is 2.87. The molecule has 4 nitrogen and oxygen atoms in total. The highest BCUT2D eigenvalue weighted by atomic mass is 16.5. The fourth-order valence-corrected chi connectivity index (χ4v) is 2.30. The van der Waals surface area contributed by atoms with Crippen molar-refractivity contribution < 1.29 is 14.6 Å². The SMILES string of the molecule is CCCOc1ccc(C(O)CN(CC)C(C)COC)cc1. The van der Waals surface area contributed by atoms with Crippen molar-refractivity contribution in [2.75, 3.05) is 33.4 Å². The molecule has 0 fully saturated rings. The molecule has 1 aromatic carbocycles. The van der Waals surface area contributed by atoms with Crippen LogP contribution in [0.1, 0.15) is 38.9 Å². The zero-order valence-corrected chi connectivity index (χ0v) is 13.7. The maximum absolute atomic E-state index is 10.4. The molecular weight excluding hydrogens is 266 g/mol. The summed E-state index contributed by atoms with van der Waals surface area (Å²) < 4.78 is 10.7. The monoisotopic (exact) mass is 295 g/mol. The molecule has 0 aliphatic heterocycles. The predicted molar refractivity (Wildman–Crippen MR) is 85.8 cm³/mol. The van der Waals surface area contributed by atoms with E-state index in [-0.39, 0.29) is 0 Å². The summed E-state index contributed by atoms with van der Waals surface area (Å²) >= 11 is 0. The van der Waals surface area contributed by atoms with Crippen LogP contribution in [0.3, 0.4) is 0 Å². The minimum Gasteiger partial charge on any atom is -0.494 e. The van der Waals surface area contributed by atoms with Gasteiger partial charge in [0.15, 0.2) is 0 Å². The van der Waals surface area contributed by atoms with Crippen LogP contribution < -0.4 is 4.74 Å². The summed E-state index contributed by atoms with van der Waals surface area (Å²) in [6, 6.07) is 8.00. The summed E-state index contributed by atoms with van der Waals surface area (Å²) in [6.07, 6.45) is 0.497. The first-order valence-electron chi connectivity index (χ1n) is 7.76. The highest BCUT2D eigenvalue weighted by molar-refractivity contribution is 5.28. The Morgan fingerprint density at radius 1 is 1.19 bits per heavy atom. The van der Waals surface area contributed by atoms with E-state index in [9.17, 15) is 5.11 Å². The Kier molecular flexibility index (Phi) is 8.35. The number of benzene rings is 1. The number of hydrogen-bond donors (Lipinski definition) is 1. The molecule has 0 radical (unpaired) electrons. The molecule has 4 heteroatoms. The Hall–Kier alpha value is -1.10. The van der Waals surface area contributed by atoms with Crippen LogP contribution >= 0.6 is 0 Å². The quantitative estimate of drug-likeness (QED) is 0.721. The number of aliphatic hydroxyl groups is 1. The normalized spacial score (nSPS) is 14.2. The Bertz CT molecular complexity index is 380. The molecule has 0 aromatic heterocycles. The molecule has 120 valence electrons. The van der Waals surface area contributed by atoms with Crippen LogP contribution in [-0.2, 0) is 4.74 Å². The van der Waals surface area contributed by atoms with Gasteiger partial charge in [-0.15, -0.1) is 0 Å². The highest BCUT2D eigenvalue weighted by Gasteiger charge is 2.17. The Balaban J connectivity index is 2.59. The van der Waals surface area contributed by atoms with E-state index < -0.39 is 6.10 Å². The van der Waals surface area contributed by atoms with Gasteiger partial charge < -0.3 is 14.6 Å². The molecule has 1 aromatic rings. The first kappa shape index (κ1) is 18.0. The van der Waals surface area contributed by atoms with Crippen molar-refractivity contribution in [3.8, 4) is 5.75 Å². The molecule has 0 saturated heterocycles. The topological polar surface area (TPSA) is 41.9 Å². The van der Waals surface area contributed by atoms with E-state index in [1.807, 2.05) is 24.3 Å². The van der Waals surface area contributed by atoms with Gasteiger partial charge in [-0.2, -0.15) is 0 Å². The Morgan fingerprint density at radius 2 is 1.86 bits per heavy atom. The van der Waals surface area contributed by atoms with E-state index in [4.69, 9.17) is 9.47 Å². The lowest BCUT2D eigenvalue weighted by Gasteiger charge is -2.29. The molecule has 1 rings (SSSR count). The molecule has 2 unspecified atom stereocenters. The molecule has 0 heterocycles.